The molecule has 1 N–H and O–H groups in total. The van der Waals surface area contributed by atoms with Gasteiger partial charge >= 0.3 is 0 Å². The summed E-state index contributed by atoms with van der Waals surface area (Å²) < 4.78 is 0. The van der Waals surface area contributed by atoms with Gasteiger partial charge in [-0.2, -0.15) is 0 Å². The lowest BCUT2D eigenvalue weighted by molar-refractivity contribution is 0.0797. The molecule has 1 unspecified atom stereocenters. The molecule has 1 atom stereocenters. The van der Waals surface area contributed by atoms with Crippen LogP contribution in [0.15, 0.2) is 5.38 Å². The smallest absolute Gasteiger partial charge is 0.0944 e. The van der Waals surface area contributed by atoms with Crippen molar-refractivity contribution in [2.45, 2.75) is 63.5 Å². The van der Waals surface area contributed by atoms with Crippen LogP contribution in [0.25, 0.3) is 0 Å². The van der Waals surface area contributed by atoms with Crippen LogP contribution in [0.3, 0.4) is 0 Å². The molecule has 1 aliphatic heterocycles. The molecule has 20 heavy (non-hydrogen) atoms. The van der Waals surface area contributed by atoms with Gasteiger partial charge in [-0.3, -0.25) is 4.90 Å². The number of nitrogens with zero attached hydrogens (tertiary/aromatic N) is 2. The Hall–Kier alpha value is -0.450. The zero-order valence-electron chi connectivity index (χ0n) is 12.8. The summed E-state index contributed by atoms with van der Waals surface area (Å²) in [5, 5.41) is 7.12. The van der Waals surface area contributed by atoms with Crippen LogP contribution in [-0.2, 0) is 6.42 Å². The van der Waals surface area contributed by atoms with E-state index in [1.54, 1.807) is 0 Å². The molecule has 2 heterocycles. The van der Waals surface area contributed by atoms with Gasteiger partial charge in [-0.15, -0.1) is 11.3 Å². The van der Waals surface area contributed by atoms with Gasteiger partial charge in [0.25, 0.3) is 0 Å². The highest BCUT2D eigenvalue weighted by molar-refractivity contribution is 7.09. The molecule has 1 saturated carbocycles. The summed E-state index contributed by atoms with van der Waals surface area (Å²) in [5.74, 6) is 0. The lowest BCUT2D eigenvalue weighted by Gasteiger charge is -2.45. The Bertz CT molecular complexity index is 431. The van der Waals surface area contributed by atoms with Crippen molar-refractivity contribution >= 4 is 11.3 Å². The standard InChI is InChI=1S/C16H27N3S/c1-13-12-20-15(18-13)11-14(17-2)16(7-3-4-8-16)19-9-5-6-10-19/h12,14,17H,3-11H2,1-2H3. The van der Waals surface area contributed by atoms with E-state index in [1.807, 2.05) is 11.3 Å². The average molecular weight is 293 g/mol. The molecule has 0 radical (unpaired) electrons. The van der Waals surface area contributed by atoms with Crippen LogP contribution in [-0.4, -0.2) is 41.6 Å². The van der Waals surface area contributed by atoms with E-state index in [0.29, 0.717) is 11.6 Å². The van der Waals surface area contributed by atoms with Gasteiger partial charge in [0.2, 0.25) is 0 Å². The van der Waals surface area contributed by atoms with Gasteiger partial charge in [0.1, 0.15) is 0 Å². The molecule has 1 aromatic heterocycles. The Morgan fingerprint density at radius 2 is 2.00 bits per heavy atom. The molecular weight excluding hydrogens is 266 g/mol. The second-order valence-corrected chi connectivity index (χ2v) is 7.38. The summed E-state index contributed by atoms with van der Waals surface area (Å²) in [6.45, 7) is 4.70. The fourth-order valence-electron chi connectivity index (χ4n) is 4.27. The van der Waals surface area contributed by atoms with Crippen molar-refractivity contribution in [1.29, 1.82) is 0 Å². The van der Waals surface area contributed by atoms with Crippen LogP contribution in [0.5, 0.6) is 0 Å². The molecule has 2 aliphatic rings. The van der Waals surface area contributed by atoms with Crippen LogP contribution in [0, 0.1) is 6.92 Å². The van der Waals surface area contributed by atoms with Crippen molar-refractivity contribution in [3.8, 4) is 0 Å². The molecule has 2 fully saturated rings. The quantitative estimate of drug-likeness (QED) is 0.904. The number of hydrogen-bond donors (Lipinski definition) is 1. The Balaban J connectivity index is 1.80. The van der Waals surface area contributed by atoms with Crippen molar-refractivity contribution in [3.05, 3.63) is 16.1 Å². The first-order valence-corrected chi connectivity index (χ1v) is 8.96. The maximum absolute atomic E-state index is 4.69. The molecule has 1 aliphatic carbocycles. The number of nitrogens with one attached hydrogen (secondary N) is 1. The zero-order valence-corrected chi connectivity index (χ0v) is 13.6. The van der Waals surface area contributed by atoms with Gasteiger partial charge in [0.05, 0.1) is 5.01 Å². The fourth-order valence-corrected chi connectivity index (χ4v) is 5.09. The fraction of sp³-hybridized carbons (Fsp3) is 0.812. The molecule has 0 amide bonds. The van der Waals surface area contributed by atoms with E-state index in [-0.39, 0.29) is 0 Å². The van der Waals surface area contributed by atoms with Crippen LogP contribution >= 0.6 is 11.3 Å². The summed E-state index contributed by atoms with van der Waals surface area (Å²) in [7, 11) is 2.14. The third-order valence-electron chi connectivity index (χ3n) is 5.25. The number of hydrogen-bond acceptors (Lipinski definition) is 4. The van der Waals surface area contributed by atoms with Gasteiger partial charge in [-0.25, -0.2) is 4.98 Å². The zero-order chi connectivity index (χ0) is 14.0. The highest BCUT2D eigenvalue weighted by Gasteiger charge is 2.46. The molecule has 1 aromatic rings. The van der Waals surface area contributed by atoms with Crippen LogP contribution < -0.4 is 5.32 Å². The van der Waals surface area contributed by atoms with Crippen molar-refractivity contribution in [3.63, 3.8) is 0 Å². The van der Waals surface area contributed by atoms with Crippen molar-refractivity contribution in [2.75, 3.05) is 20.1 Å². The summed E-state index contributed by atoms with van der Waals surface area (Å²) >= 11 is 1.82. The van der Waals surface area contributed by atoms with Crippen molar-refractivity contribution < 1.29 is 0 Å². The Morgan fingerprint density at radius 3 is 2.55 bits per heavy atom. The van der Waals surface area contributed by atoms with E-state index in [2.05, 4.69) is 34.6 Å². The third-order valence-corrected chi connectivity index (χ3v) is 6.24. The largest absolute Gasteiger partial charge is 0.315 e. The lowest BCUT2D eigenvalue weighted by atomic mass is 9.84. The van der Waals surface area contributed by atoms with E-state index in [0.717, 1.165) is 6.42 Å². The first kappa shape index (κ1) is 14.5. The molecule has 3 rings (SSSR count). The van der Waals surface area contributed by atoms with E-state index in [4.69, 9.17) is 0 Å². The molecule has 112 valence electrons. The Kier molecular flexibility index (Phi) is 4.43. The third kappa shape index (κ3) is 2.66. The number of aromatic nitrogens is 1. The number of likely N-dealkylation sites (N-methyl/N-ethyl adjacent to an activating group) is 1. The Labute approximate surface area is 126 Å². The molecule has 0 spiro atoms. The predicted molar refractivity (Wildman–Crippen MR) is 85.4 cm³/mol. The van der Waals surface area contributed by atoms with Gasteiger partial charge in [-0.05, 0) is 52.7 Å². The van der Waals surface area contributed by atoms with Gasteiger partial charge in [0.15, 0.2) is 0 Å². The van der Waals surface area contributed by atoms with E-state index >= 15 is 0 Å². The number of aryl methyl sites for hydroxylation is 1. The monoisotopic (exact) mass is 293 g/mol. The molecule has 0 bridgehead atoms. The maximum Gasteiger partial charge on any atom is 0.0944 e. The maximum atomic E-state index is 4.69. The number of thiazole rings is 1. The van der Waals surface area contributed by atoms with Crippen LogP contribution in [0.4, 0.5) is 0 Å². The molecule has 1 saturated heterocycles. The number of rotatable bonds is 5. The Morgan fingerprint density at radius 1 is 1.30 bits per heavy atom. The van der Waals surface area contributed by atoms with Crippen LogP contribution in [0.2, 0.25) is 0 Å². The van der Waals surface area contributed by atoms with Gasteiger partial charge in [0, 0.05) is 29.1 Å². The van der Waals surface area contributed by atoms with Gasteiger partial charge in [-0.1, -0.05) is 12.8 Å². The minimum absolute atomic E-state index is 0.394. The van der Waals surface area contributed by atoms with E-state index < -0.39 is 0 Å². The van der Waals surface area contributed by atoms with Gasteiger partial charge < -0.3 is 5.32 Å². The number of likely N-dealkylation sites (tertiary alicyclic amines) is 1. The first-order valence-electron chi connectivity index (χ1n) is 8.08. The molecule has 3 nitrogen and oxygen atoms in total. The van der Waals surface area contributed by atoms with E-state index in [9.17, 15) is 0 Å². The highest BCUT2D eigenvalue weighted by Crippen LogP contribution is 2.41. The SMILES string of the molecule is CNC(Cc1nc(C)cs1)C1(N2CCCC2)CCCC1. The molecular formula is C16H27N3S. The normalized spacial score (nSPS) is 24.3. The molecule has 4 heteroatoms. The summed E-state index contributed by atoms with van der Waals surface area (Å²) in [4.78, 5) is 7.48. The highest BCUT2D eigenvalue weighted by atomic mass is 32.1. The predicted octanol–water partition coefficient (Wildman–Crippen LogP) is 2.99. The van der Waals surface area contributed by atoms with E-state index in [1.165, 1.54) is 62.3 Å². The summed E-state index contributed by atoms with van der Waals surface area (Å²) in [5.41, 5.74) is 1.56. The summed E-state index contributed by atoms with van der Waals surface area (Å²) in [6.07, 6.45) is 9.37. The first-order chi connectivity index (χ1) is 9.74. The minimum Gasteiger partial charge on any atom is -0.315 e. The summed E-state index contributed by atoms with van der Waals surface area (Å²) in [6, 6.07) is 0.550. The minimum atomic E-state index is 0.394. The van der Waals surface area contributed by atoms with Crippen LogP contribution in [0.1, 0.15) is 49.2 Å². The van der Waals surface area contributed by atoms with Crippen molar-refractivity contribution in [1.82, 2.24) is 15.2 Å². The second-order valence-electron chi connectivity index (χ2n) is 6.43. The topological polar surface area (TPSA) is 28.2 Å². The second kappa shape index (κ2) is 6.12. The molecule has 0 aromatic carbocycles. The van der Waals surface area contributed by atoms with Crippen molar-refractivity contribution in [2.24, 2.45) is 0 Å². The average Bonchev–Trinajstić information content (AvgIpc) is 3.17. The lowest BCUT2D eigenvalue weighted by Crippen LogP contribution is -2.59.